The summed E-state index contributed by atoms with van der Waals surface area (Å²) in [5.74, 6) is 1.33. The van der Waals surface area contributed by atoms with Gasteiger partial charge in [-0.1, -0.05) is 11.6 Å². The zero-order valence-corrected chi connectivity index (χ0v) is 15.9. The number of benzene rings is 1. The molecule has 0 fully saturated rings. The van der Waals surface area contributed by atoms with Gasteiger partial charge in [-0.25, -0.2) is 17.7 Å². The maximum atomic E-state index is 13.2. The van der Waals surface area contributed by atoms with Crippen LogP contribution in [0.3, 0.4) is 0 Å². The number of hydrogen-bond donors (Lipinski definition) is 0. The number of aryl methyl sites for hydroxylation is 1. The Bertz CT molecular complexity index is 1060. The van der Waals surface area contributed by atoms with E-state index in [2.05, 4.69) is 14.5 Å². The largest absolute Gasteiger partial charge is 0.335 e. The normalized spacial score (nSPS) is 17.6. The standard InChI is InChI=1S/C18H19ClN4O2S/c1-22(11-13-4-7-17-20-9-10-23(17)12-13)26(24,25)16-6-5-15(19)18-14(16)3-2-8-21-18/h2-3,5-6,8-10,13H,4,7,11-12H2,1H3. The molecule has 1 aliphatic heterocycles. The van der Waals surface area contributed by atoms with Crippen LogP contribution in [0.4, 0.5) is 0 Å². The van der Waals surface area contributed by atoms with E-state index >= 15 is 0 Å². The minimum absolute atomic E-state index is 0.242. The van der Waals surface area contributed by atoms with Crippen molar-refractivity contribution in [3.05, 3.63) is 53.7 Å². The third kappa shape index (κ3) is 3.00. The van der Waals surface area contributed by atoms with Crippen molar-refractivity contribution in [3.63, 3.8) is 0 Å². The lowest BCUT2D eigenvalue weighted by molar-refractivity contribution is 0.303. The lowest BCUT2D eigenvalue weighted by Crippen LogP contribution is -2.35. The van der Waals surface area contributed by atoms with E-state index < -0.39 is 10.0 Å². The first-order valence-corrected chi connectivity index (χ1v) is 10.3. The van der Waals surface area contributed by atoms with Crippen LogP contribution in [0.2, 0.25) is 5.02 Å². The van der Waals surface area contributed by atoms with Gasteiger partial charge in [-0.05, 0) is 36.6 Å². The molecule has 8 heteroatoms. The van der Waals surface area contributed by atoms with Crippen LogP contribution in [-0.2, 0) is 23.0 Å². The van der Waals surface area contributed by atoms with Gasteiger partial charge in [0, 0.05) is 50.5 Å². The fourth-order valence-corrected chi connectivity index (χ4v) is 5.19. The number of pyridine rings is 1. The molecule has 1 aromatic carbocycles. The Balaban J connectivity index is 1.62. The lowest BCUT2D eigenvalue weighted by Gasteiger charge is -2.28. The molecule has 0 amide bonds. The Morgan fingerprint density at radius 1 is 1.27 bits per heavy atom. The molecule has 0 bridgehead atoms. The molecule has 136 valence electrons. The second-order valence-electron chi connectivity index (χ2n) is 6.63. The highest BCUT2D eigenvalue weighted by Crippen LogP contribution is 2.30. The van der Waals surface area contributed by atoms with Gasteiger partial charge in [0.1, 0.15) is 5.82 Å². The molecular weight excluding hydrogens is 372 g/mol. The predicted molar refractivity (Wildman–Crippen MR) is 101 cm³/mol. The molecule has 2 aromatic heterocycles. The van der Waals surface area contributed by atoms with Crippen molar-refractivity contribution in [3.8, 4) is 0 Å². The maximum Gasteiger partial charge on any atom is 0.243 e. The third-order valence-electron chi connectivity index (χ3n) is 4.92. The van der Waals surface area contributed by atoms with Crippen molar-refractivity contribution in [2.45, 2.75) is 24.3 Å². The maximum absolute atomic E-state index is 13.2. The quantitative estimate of drug-likeness (QED) is 0.686. The van der Waals surface area contributed by atoms with Crippen LogP contribution in [0, 0.1) is 5.92 Å². The minimum Gasteiger partial charge on any atom is -0.335 e. The van der Waals surface area contributed by atoms with Gasteiger partial charge in [0.05, 0.1) is 15.4 Å². The third-order valence-corrected chi connectivity index (χ3v) is 7.10. The molecule has 3 heterocycles. The summed E-state index contributed by atoms with van der Waals surface area (Å²) in [5, 5.41) is 0.995. The first-order chi connectivity index (χ1) is 12.5. The average molecular weight is 391 g/mol. The Morgan fingerprint density at radius 2 is 2.12 bits per heavy atom. The summed E-state index contributed by atoms with van der Waals surface area (Å²) in [6, 6.07) is 6.62. The fourth-order valence-electron chi connectivity index (χ4n) is 3.55. The second kappa shape index (κ2) is 6.64. The van der Waals surface area contributed by atoms with Crippen LogP contribution in [0.1, 0.15) is 12.2 Å². The van der Waals surface area contributed by atoms with Gasteiger partial charge in [-0.3, -0.25) is 4.98 Å². The lowest BCUT2D eigenvalue weighted by atomic mass is 10.00. The average Bonchev–Trinajstić information content (AvgIpc) is 3.10. The number of fused-ring (bicyclic) bond motifs is 2. The van der Waals surface area contributed by atoms with E-state index in [1.807, 2.05) is 6.20 Å². The van der Waals surface area contributed by atoms with Crippen molar-refractivity contribution in [2.24, 2.45) is 5.92 Å². The molecule has 6 nitrogen and oxygen atoms in total. The second-order valence-corrected chi connectivity index (χ2v) is 9.05. The van der Waals surface area contributed by atoms with E-state index in [1.54, 1.807) is 43.7 Å². The van der Waals surface area contributed by atoms with Crippen molar-refractivity contribution in [1.29, 1.82) is 0 Å². The van der Waals surface area contributed by atoms with E-state index in [1.165, 1.54) is 4.31 Å². The number of imidazole rings is 1. The summed E-state index contributed by atoms with van der Waals surface area (Å²) < 4.78 is 29.9. The fraction of sp³-hybridized carbons (Fsp3) is 0.333. The van der Waals surface area contributed by atoms with Gasteiger partial charge < -0.3 is 4.57 Å². The molecule has 1 atom stereocenters. The van der Waals surface area contributed by atoms with E-state index in [-0.39, 0.29) is 10.8 Å². The van der Waals surface area contributed by atoms with Crippen LogP contribution in [0.15, 0.2) is 47.8 Å². The summed E-state index contributed by atoms with van der Waals surface area (Å²) in [5.41, 5.74) is 0.504. The molecular formula is C18H19ClN4O2S. The Morgan fingerprint density at radius 3 is 2.96 bits per heavy atom. The number of halogens is 1. The van der Waals surface area contributed by atoms with Gasteiger partial charge in [0.25, 0.3) is 0 Å². The number of rotatable bonds is 4. The highest BCUT2D eigenvalue weighted by Gasteiger charge is 2.28. The Hall–Kier alpha value is -1.96. The zero-order chi connectivity index (χ0) is 18.3. The Kier molecular flexibility index (Phi) is 4.46. The van der Waals surface area contributed by atoms with E-state index in [4.69, 9.17) is 11.6 Å². The van der Waals surface area contributed by atoms with Gasteiger partial charge in [0.2, 0.25) is 10.0 Å². The monoisotopic (exact) mass is 390 g/mol. The van der Waals surface area contributed by atoms with Crippen LogP contribution >= 0.6 is 11.6 Å². The number of hydrogen-bond acceptors (Lipinski definition) is 4. The minimum atomic E-state index is -3.64. The van der Waals surface area contributed by atoms with Crippen LogP contribution < -0.4 is 0 Å². The number of nitrogens with zero attached hydrogens (tertiary/aromatic N) is 4. The zero-order valence-electron chi connectivity index (χ0n) is 14.3. The number of sulfonamides is 1. The van der Waals surface area contributed by atoms with E-state index in [0.717, 1.165) is 25.2 Å². The van der Waals surface area contributed by atoms with Gasteiger partial charge in [-0.2, -0.15) is 0 Å². The molecule has 0 N–H and O–H groups in total. The van der Waals surface area contributed by atoms with Crippen molar-refractivity contribution >= 4 is 32.5 Å². The molecule has 1 unspecified atom stereocenters. The highest BCUT2D eigenvalue weighted by atomic mass is 35.5. The van der Waals surface area contributed by atoms with Crippen molar-refractivity contribution < 1.29 is 8.42 Å². The first kappa shape index (κ1) is 17.5. The topological polar surface area (TPSA) is 68.1 Å². The highest BCUT2D eigenvalue weighted by molar-refractivity contribution is 7.89. The molecule has 0 spiro atoms. The molecule has 0 radical (unpaired) electrons. The van der Waals surface area contributed by atoms with Gasteiger partial charge in [-0.15, -0.1) is 0 Å². The van der Waals surface area contributed by atoms with Crippen LogP contribution in [0.5, 0.6) is 0 Å². The summed E-state index contributed by atoms with van der Waals surface area (Å²) in [7, 11) is -2.00. The van der Waals surface area contributed by atoms with Crippen LogP contribution in [-0.4, -0.2) is 40.9 Å². The summed E-state index contributed by atoms with van der Waals surface area (Å²) in [4.78, 5) is 8.79. The molecule has 1 aliphatic rings. The molecule has 26 heavy (non-hydrogen) atoms. The van der Waals surface area contributed by atoms with Crippen molar-refractivity contribution in [2.75, 3.05) is 13.6 Å². The SMILES string of the molecule is CN(CC1CCc2nccn2C1)S(=O)(=O)c1ccc(Cl)c2ncccc12. The molecule has 0 saturated heterocycles. The predicted octanol–water partition coefficient (Wildman–Crippen LogP) is 2.97. The van der Waals surface area contributed by atoms with Crippen LogP contribution in [0.25, 0.3) is 10.9 Å². The van der Waals surface area contributed by atoms with Crippen molar-refractivity contribution in [1.82, 2.24) is 18.8 Å². The summed E-state index contributed by atoms with van der Waals surface area (Å²) in [6.45, 7) is 1.25. The summed E-state index contributed by atoms with van der Waals surface area (Å²) in [6.07, 6.45) is 7.16. The first-order valence-electron chi connectivity index (χ1n) is 8.46. The Labute approximate surface area is 157 Å². The smallest absolute Gasteiger partial charge is 0.243 e. The number of aromatic nitrogens is 3. The van der Waals surface area contributed by atoms with E-state index in [9.17, 15) is 8.42 Å². The molecule has 0 saturated carbocycles. The summed E-state index contributed by atoms with van der Waals surface area (Å²) >= 11 is 6.17. The molecule has 4 rings (SSSR count). The van der Waals surface area contributed by atoms with E-state index in [0.29, 0.717) is 22.5 Å². The van der Waals surface area contributed by atoms with Gasteiger partial charge in [0.15, 0.2) is 0 Å². The van der Waals surface area contributed by atoms with Gasteiger partial charge >= 0.3 is 0 Å². The molecule has 3 aromatic rings. The molecule has 0 aliphatic carbocycles.